The average molecular weight is 246 g/mol. The molecule has 1 aromatic rings. The van der Waals surface area contributed by atoms with Crippen LogP contribution in [0, 0.1) is 15.9 Å². The second-order valence-electron chi connectivity index (χ2n) is 3.41. The normalized spacial score (nSPS) is 12.2. The van der Waals surface area contributed by atoms with Crippen LogP contribution in [0.5, 0.6) is 0 Å². The highest BCUT2D eigenvalue weighted by molar-refractivity contribution is 6.31. The number of Topliss-reactive ketones (excluding diaryl/α,β-unsaturated/α-hetero) is 1. The monoisotopic (exact) mass is 245 g/mol. The van der Waals surface area contributed by atoms with Gasteiger partial charge in [0.15, 0.2) is 0 Å². The molecule has 4 nitrogen and oxygen atoms in total. The summed E-state index contributed by atoms with van der Waals surface area (Å²) in [6, 6.07) is 1.86. The van der Waals surface area contributed by atoms with Crippen LogP contribution in [0.2, 0.25) is 5.02 Å². The van der Waals surface area contributed by atoms with Crippen molar-refractivity contribution in [2.75, 3.05) is 0 Å². The number of rotatable bonds is 3. The van der Waals surface area contributed by atoms with Crippen molar-refractivity contribution in [2.24, 2.45) is 0 Å². The number of carbonyl (C=O) groups excluding carboxylic acids is 1. The molecule has 0 bridgehead atoms. The third-order valence-electron chi connectivity index (χ3n) is 2.34. The van der Waals surface area contributed by atoms with Gasteiger partial charge >= 0.3 is 0 Å². The molecule has 1 aromatic carbocycles. The Kier molecular flexibility index (Phi) is 3.59. The number of hydrogen-bond acceptors (Lipinski definition) is 3. The minimum absolute atomic E-state index is 0.0411. The lowest BCUT2D eigenvalue weighted by molar-refractivity contribution is -0.385. The van der Waals surface area contributed by atoms with Crippen LogP contribution in [0.15, 0.2) is 12.1 Å². The van der Waals surface area contributed by atoms with E-state index in [2.05, 4.69) is 0 Å². The van der Waals surface area contributed by atoms with Crippen LogP contribution in [-0.4, -0.2) is 10.7 Å². The summed E-state index contributed by atoms with van der Waals surface area (Å²) in [5.41, 5.74) is -0.298. The van der Waals surface area contributed by atoms with Crippen molar-refractivity contribution in [3.63, 3.8) is 0 Å². The number of nitro benzene ring substituents is 1. The molecular weight excluding hydrogens is 237 g/mol. The highest BCUT2D eigenvalue weighted by Gasteiger charge is 2.24. The quantitative estimate of drug-likeness (QED) is 0.607. The van der Waals surface area contributed by atoms with E-state index in [4.69, 9.17) is 11.6 Å². The Bertz CT molecular complexity index is 462. The third-order valence-corrected chi connectivity index (χ3v) is 2.63. The van der Waals surface area contributed by atoms with E-state index in [9.17, 15) is 19.3 Å². The summed E-state index contributed by atoms with van der Waals surface area (Å²) in [4.78, 5) is 21.2. The van der Waals surface area contributed by atoms with Crippen LogP contribution in [0.1, 0.15) is 25.3 Å². The van der Waals surface area contributed by atoms with E-state index in [-0.39, 0.29) is 22.1 Å². The first kappa shape index (κ1) is 12.6. The molecule has 6 heteroatoms. The van der Waals surface area contributed by atoms with Gasteiger partial charge in [0.1, 0.15) is 11.6 Å². The van der Waals surface area contributed by atoms with Crippen LogP contribution < -0.4 is 0 Å². The van der Waals surface area contributed by atoms with Gasteiger partial charge in [0.25, 0.3) is 5.69 Å². The molecule has 1 unspecified atom stereocenters. The maximum absolute atomic E-state index is 13.2. The molecule has 0 saturated heterocycles. The number of ketones is 1. The molecule has 16 heavy (non-hydrogen) atoms. The first-order valence-corrected chi connectivity index (χ1v) is 4.86. The molecule has 0 aromatic heterocycles. The maximum Gasteiger partial charge on any atom is 0.275 e. The smallest absolute Gasteiger partial charge is 0.275 e. The largest absolute Gasteiger partial charge is 0.299 e. The van der Waals surface area contributed by atoms with Gasteiger partial charge in [-0.15, -0.1) is 0 Å². The first-order valence-electron chi connectivity index (χ1n) is 4.48. The predicted octanol–water partition coefficient (Wildman–Crippen LogP) is 3.08. The maximum atomic E-state index is 13.2. The van der Waals surface area contributed by atoms with Crippen molar-refractivity contribution < 1.29 is 14.1 Å². The van der Waals surface area contributed by atoms with E-state index in [0.29, 0.717) is 0 Å². The van der Waals surface area contributed by atoms with Crippen molar-refractivity contribution >= 4 is 23.1 Å². The molecule has 0 heterocycles. The van der Waals surface area contributed by atoms with Crippen LogP contribution in [0.4, 0.5) is 10.1 Å². The van der Waals surface area contributed by atoms with Crippen LogP contribution in [-0.2, 0) is 4.79 Å². The van der Waals surface area contributed by atoms with Gasteiger partial charge in [-0.05, 0) is 13.0 Å². The zero-order valence-electron chi connectivity index (χ0n) is 8.66. The highest BCUT2D eigenvalue weighted by Crippen LogP contribution is 2.31. The SMILES string of the molecule is CC(=O)C(C)c1cc(F)c(Cl)cc1[N+](=O)[O-]. The molecular formula is C10H9ClFNO3. The number of nitro groups is 1. The molecule has 0 fully saturated rings. The first-order chi connectivity index (χ1) is 7.34. The second kappa shape index (κ2) is 4.57. The molecule has 0 aliphatic carbocycles. The van der Waals surface area contributed by atoms with Gasteiger partial charge in [0.05, 0.1) is 9.95 Å². The minimum atomic E-state index is -0.768. The number of hydrogen-bond donors (Lipinski definition) is 0. The van der Waals surface area contributed by atoms with Crippen LogP contribution in [0.25, 0.3) is 0 Å². The average Bonchev–Trinajstić information content (AvgIpc) is 2.19. The van der Waals surface area contributed by atoms with Crippen molar-refractivity contribution in [2.45, 2.75) is 19.8 Å². The van der Waals surface area contributed by atoms with E-state index >= 15 is 0 Å². The van der Waals surface area contributed by atoms with Crippen LogP contribution in [0.3, 0.4) is 0 Å². The van der Waals surface area contributed by atoms with Gasteiger partial charge in [-0.1, -0.05) is 18.5 Å². The summed E-state index contributed by atoms with van der Waals surface area (Å²) in [5, 5.41) is 10.4. The highest BCUT2D eigenvalue weighted by atomic mass is 35.5. The second-order valence-corrected chi connectivity index (χ2v) is 3.82. The number of benzene rings is 1. The molecule has 1 atom stereocenters. The van der Waals surface area contributed by atoms with Gasteiger partial charge in [-0.2, -0.15) is 0 Å². The Balaban J connectivity index is 3.41. The summed E-state index contributed by atoms with van der Waals surface area (Å²) in [6.45, 7) is 2.78. The Morgan fingerprint density at radius 2 is 2.12 bits per heavy atom. The van der Waals surface area contributed by atoms with Crippen molar-refractivity contribution in [3.8, 4) is 0 Å². The Labute approximate surface area is 96.2 Å². The van der Waals surface area contributed by atoms with Crippen molar-refractivity contribution in [1.82, 2.24) is 0 Å². The number of halogens is 2. The molecule has 0 aliphatic heterocycles. The molecule has 0 aliphatic rings. The minimum Gasteiger partial charge on any atom is -0.299 e. The lowest BCUT2D eigenvalue weighted by atomic mass is 9.96. The fourth-order valence-corrected chi connectivity index (χ4v) is 1.43. The van der Waals surface area contributed by atoms with Crippen molar-refractivity contribution in [3.05, 3.63) is 38.7 Å². The fraction of sp³-hybridized carbons (Fsp3) is 0.300. The van der Waals surface area contributed by atoms with Crippen molar-refractivity contribution in [1.29, 1.82) is 0 Å². The molecule has 0 saturated carbocycles. The van der Waals surface area contributed by atoms with Gasteiger partial charge in [-0.3, -0.25) is 14.9 Å². The van der Waals surface area contributed by atoms with Gasteiger partial charge in [0.2, 0.25) is 0 Å². The van der Waals surface area contributed by atoms with E-state index in [1.807, 2.05) is 0 Å². The molecule has 86 valence electrons. The lowest BCUT2D eigenvalue weighted by Crippen LogP contribution is -2.08. The Hall–Kier alpha value is -1.49. The summed E-state index contributed by atoms with van der Waals surface area (Å²) in [5.74, 6) is -1.77. The standard InChI is InChI=1S/C10H9ClFNO3/c1-5(6(2)14)7-3-9(12)8(11)4-10(7)13(15)16/h3-5H,1-2H3. The zero-order chi connectivity index (χ0) is 12.5. The Morgan fingerprint density at radius 1 is 1.56 bits per heavy atom. The van der Waals surface area contributed by atoms with Gasteiger partial charge in [0, 0.05) is 17.5 Å². The molecule has 0 amide bonds. The zero-order valence-corrected chi connectivity index (χ0v) is 9.42. The van der Waals surface area contributed by atoms with Gasteiger partial charge < -0.3 is 0 Å². The van der Waals surface area contributed by atoms with Gasteiger partial charge in [-0.25, -0.2) is 4.39 Å². The summed E-state index contributed by atoms with van der Waals surface area (Å²) in [7, 11) is 0. The molecule has 0 spiro atoms. The summed E-state index contributed by atoms with van der Waals surface area (Å²) in [6.07, 6.45) is 0. The molecule has 0 N–H and O–H groups in total. The third kappa shape index (κ3) is 2.36. The van der Waals surface area contributed by atoms with E-state index < -0.39 is 16.7 Å². The van der Waals surface area contributed by atoms with Crippen LogP contribution >= 0.6 is 11.6 Å². The predicted molar refractivity (Wildman–Crippen MR) is 57.2 cm³/mol. The number of nitrogens with zero attached hydrogens (tertiary/aromatic N) is 1. The number of carbonyl (C=O) groups is 1. The summed E-state index contributed by atoms with van der Waals surface area (Å²) >= 11 is 5.45. The van der Waals surface area contributed by atoms with E-state index in [1.165, 1.54) is 13.8 Å². The topological polar surface area (TPSA) is 60.2 Å². The summed E-state index contributed by atoms with van der Waals surface area (Å²) < 4.78 is 13.2. The lowest BCUT2D eigenvalue weighted by Gasteiger charge is -2.09. The molecule has 0 radical (unpaired) electrons. The van der Waals surface area contributed by atoms with E-state index in [1.54, 1.807) is 0 Å². The van der Waals surface area contributed by atoms with E-state index in [0.717, 1.165) is 12.1 Å². The fourth-order valence-electron chi connectivity index (χ4n) is 1.28. The molecule has 1 rings (SSSR count). The Morgan fingerprint density at radius 3 is 2.56 bits per heavy atom.